The Bertz CT molecular complexity index is 366. The summed E-state index contributed by atoms with van der Waals surface area (Å²) in [6.07, 6.45) is 0. The summed E-state index contributed by atoms with van der Waals surface area (Å²) in [6, 6.07) is 0. The van der Waals surface area contributed by atoms with E-state index >= 15 is 0 Å². The molecule has 0 spiro atoms. The molecule has 0 unspecified atom stereocenters. The highest BCUT2D eigenvalue weighted by molar-refractivity contribution is 7.07. The standard InChI is InChI=1S/C5H6ClN2O2S.BF4/c1-8-7-3(4(6)11-8)5(9)10-2;2-1(3,4)5/h1-2H3;/q+1;-1. The second-order valence-electron chi connectivity index (χ2n) is 2.26. The summed E-state index contributed by atoms with van der Waals surface area (Å²) in [7, 11) is -3.01. The summed E-state index contributed by atoms with van der Waals surface area (Å²) in [4.78, 5) is 10.9. The van der Waals surface area contributed by atoms with Crippen molar-refractivity contribution in [3.05, 3.63) is 10.0 Å². The smallest absolute Gasteiger partial charge is 0.464 e. The van der Waals surface area contributed by atoms with Crippen molar-refractivity contribution in [2.75, 3.05) is 7.11 Å². The Labute approximate surface area is 97.0 Å². The predicted molar refractivity (Wildman–Crippen MR) is 49.8 cm³/mol. The van der Waals surface area contributed by atoms with Gasteiger partial charge in [0.1, 0.15) is 0 Å². The molecule has 0 N–H and O–H groups in total. The maximum Gasteiger partial charge on any atom is 0.673 e. The van der Waals surface area contributed by atoms with Crippen molar-refractivity contribution in [1.82, 2.24) is 5.10 Å². The van der Waals surface area contributed by atoms with Gasteiger partial charge in [-0.25, -0.2) is 4.79 Å². The summed E-state index contributed by atoms with van der Waals surface area (Å²) >= 11 is 6.84. The molecule has 1 heterocycles. The van der Waals surface area contributed by atoms with E-state index in [0.29, 0.717) is 4.34 Å². The molecule has 0 aromatic carbocycles. The zero-order valence-corrected chi connectivity index (χ0v) is 9.66. The number of aromatic nitrogens is 2. The normalized spacial score (nSPS) is 10.4. The fraction of sp³-hybridized carbons (Fsp3) is 0.400. The molecule has 0 amide bonds. The van der Waals surface area contributed by atoms with Crippen molar-refractivity contribution in [3.8, 4) is 0 Å². The van der Waals surface area contributed by atoms with Gasteiger partial charge in [0.15, 0.2) is 22.9 Å². The van der Waals surface area contributed by atoms with Gasteiger partial charge in [-0.3, -0.25) is 0 Å². The van der Waals surface area contributed by atoms with E-state index < -0.39 is 13.2 Å². The lowest BCUT2D eigenvalue weighted by Crippen LogP contribution is -2.26. The number of carbonyl (C=O) groups is 1. The molecule has 0 saturated heterocycles. The first-order valence-corrected chi connectivity index (χ1v) is 4.79. The predicted octanol–water partition coefficient (Wildman–Crippen LogP) is 1.71. The molecule has 0 fully saturated rings. The third-order valence-corrected chi connectivity index (χ3v) is 2.10. The van der Waals surface area contributed by atoms with E-state index in [4.69, 9.17) is 11.6 Å². The van der Waals surface area contributed by atoms with Gasteiger partial charge in [-0.15, -0.1) is 0 Å². The van der Waals surface area contributed by atoms with Crippen molar-refractivity contribution >= 4 is 36.4 Å². The third-order valence-electron chi connectivity index (χ3n) is 1.02. The molecule has 16 heavy (non-hydrogen) atoms. The van der Waals surface area contributed by atoms with Crippen LogP contribution in [0.4, 0.5) is 17.3 Å². The average molecular weight is 280 g/mol. The first-order valence-electron chi connectivity index (χ1n) is 3.64. The number of halogens is 5. The summed E-state index contributed by atoms with van der Waals surface area (Å²) in [5.74, 6) is -0.508. The molecular formula is C5H6BClF4N2O2S. The number of hydrogen-bond donors (Lipinski definition) is 0. The summed E-state index contributed by atoms with van der Waals surface area (Å²) in [5, 5.41) is 3.81. The summed E-state index contributed by atoms with van der Waals surface area (Å²) in [6.45, 7) is 0. The highest BCUT2D eigenvalue weighted by atomic mass is 35.5. The Morgan fingerprint density at radius 1 is 1.50 bits per heavy atom. The van der Waals surface area contributed by atoms with Crippen LogP contribution in [0.1, 0.15) is 10.5 Å². The minimum absolute atomic E-state index is 0.168. The van der Waals surface area contributed by atoms with Crippen molar-refractivity contribution < 1.29 is 30.9 Å². The number of aryl methyl sites for hydroxylation is 1. The lowest BCUT2D eigenvalue weighted by atomic mass is 10.3. The molecule has 92 valence electrons. The highest BCUT2D eigenvalue weighted by Gasteiger charge is 2.22. The largest absolute Gasteiger partial charge is 0.673 e. The number of rotatable bonds is 1. The van der Waals surface area contributed by atoms with Crippen molar-refractivity contribution in [2.24, 2.45) is 7.05 Å². The maximum absolute atomic E-state index is 10.9. The SMILES string of the molecule is COC(=O)c1n[n+](C)sc1Cl.F[B-](F)(F)F. The van der Waals surface area contributed by atoms with Crippen LogP contribution in [0.25, 0.3) is 0 Å². The van der Waals surface area contributed by atoms with Crippen molar-refractivity contribution in [1.29, 1.82) is 0 Å². The topological polar surface area (TPSA) is 43.1 Å². The van der Waals surface area contributed by atoms with Crippen molar-refractivity contribution in [3.63, 3.8) is 0 Å². The van der Waals surface area contributed by atoms with Gasteiger partial charge in [-0.1, -0.05) is 11.6 Å². The fourth-order valence-electron chi connectivity index (χ4n) is 0.578. The van der Waals surface area contributed by atoms with E-state index in [1.165, 1.54) is 22.7 Å². The van der Waals surface area contributed by atoms with Crippen LogP contribution in [0, 0.1) is 0 Å². The minimum atomic E-state index is -6.00. The second-order valence-corrected chi connectivity index (χ2v) is 3.99. The van der Waals surface area contributed by atoms with Crippen LogP contribution in [-0.2, 0) is 11.8 Å². The molecular weight excluding hydrogens is 274 g/mol. The summed E-state index contributed by atoms with van der Waals surface area (Å²) in [5.41, 5.74) is 0.168. The van der Waals surface area contributed by atoms with E-state index in [9.17, 15) is 22.1 Å². The molecule has 0 bridgehead atoms. The molecule has 0 saturated carbocycles. The molecule has 0 radical (unpaired) electrons. The molecule has 0 aliphatic heterocycles. The zero-order valence-electron chi connectivity index (χ0n) is 8.09. The van der Waals surface area contributed by atoms with E-state index in [2.05, 4.69) is 9.84 Å². The summed E-state index contributed by atoms with van der Waals surface area (Å²) < 4.78 is 45.3. The number of esters is 1. The van der Waals surface area contributed by atoms with E-state index in [1.807, 2.05) is 0 Å². The highest BCUT2D eigenvalue weighted by Crippen LogP contribution is 2.16. The van der Waals surface area contributed by atoms with E-state index in [0.717, 1.165) is 0 Å². The Balaban J connectivity index is 0.000000385. The first-order chi connectivity index (χ1) is 7.15. The number of ether oxygens (including phenoxy) is 1. The van der Waals surface area contributed by atoms with Crippen LogP contribution < -0.4 is 4.07 Å². The number of hydrogen-bond acceptors (Lipinski definition) is 4. The number of nitrogens with zero attached hydrogens (tertiary/aromatic N) is 2. The number of methoxy groups -OCH3 is 1. The third kappa shape index (κ3) is 6.56. The maximum atomic E-state index is 10.9. The molecule has 0 atom stereocenters. The lowest BCUT2D eigenvalue weighted by molar-refractivity contribution is -0.663. The number of carbonyl (C=O) groups excluding carboxylic acids is 1. The van der Waals surface area contributed by atoms with Gasteiger partial charge in [0.05, 0.1) is 7.11 Å². The van der Waals surface area contributed by atoms with Gasteiger partial charge in [0.2, 0.25) is 0 Å². The van der Waals surface area contributed by atoms with Gasteiger partial charge in [-0.05, 0) is 4.07 Å². The van der Waals surface area contributed by atoms with Crippen molar-refractivity contribution in [2.45, 2.75) is 0 Å². The first kappa shape index (κ1) is 15.1. The molecule has 0 aliphatic carbocycles. The second kappa shape index (κ2) is 5.99. The Kier molecular flexibility index (Phi) is 5.66. The minimum Gasteiger partial charge on any atom is -0.464 e. The quantitative estimate of drug-likeness (QED) is 0.340. The Morgan fingerprint density at radius 3 is 2.19 bits per heavy atom. The molecule has 11 heteroatoms. The van der Waals surface area contributed by atoms with Crippen LogP contribution in [0.2, 0.25) is 4.34 Å². The lowest BCUT2D eigenvalue weighted by Gasteiger charge is -1.94. The molecule has 0 aliphatic rings. The molecule has 1 rings (SSSR count). The molecule has 1 aromatic rings. The van der Waals surface area contributed by atoms with Gasteiger partial charge < -0.3 is 22.0 Å². The van der Waals surface area contributed by atoms with Gasteiger partial charge in [-0.2, -0.15) is 0 Å². The Hall–Kier alpha value is -0.895. The van der Waals surface area contributed by atoms with Crippen LogP contribution in [0.5, 0.6) is 0 Å². The molecule has 1 aromatic heterocycles. The van der Waals surface area contributed by atoms with Crippen LogP contribution in [0.3, 0.4) is 0 Å². The van der Waals surface area contributed by atoms with Gasteiger partial charge >= 0.3 is 13.2 Å². The van der Waals surface area contributed by atoms with Crippen LogP contribution in [0.15, 0.2) is 0 Å². The van der Waals surface area contributed by atoms with E-state index in [1.54, 1.807) is 7.05 Å². The van der Waals surface area contributed by atoms with Crippen LogP contribution in [-0.4, -0.2) is 25.4 Å². The average Bonchev–Trinajstić information content (AvgIpc) is 2.41. The van der Waals surface area contributed by atoms with Crippen LogP contribution >= 0.6 is 23.1 Å². The van der Waals surface area contributed by atoms with Gasteiger partial charge in [0, 0.05) is 5.10 Å². The monoisotopic (exact) mass is 280 g/mol. The Morgan fingerprint density at radius 2 is 1.94 bits per heavy atom. The van der Waals surface area contributed by atoms with Gasteiger partial charge in [0.25, 0.3) is 5.69 Å². The van der Waals surface area contributed by atoms with E-state index in [-0.39, 0.29) is 5.69 Å². The zero-order chi connectivity index (χ0) is 12.9. The molecule has 4 nitrogen and oxygen atoms in total. The fourth-order valence-corrected chi connectivity index (χ4v) is 1.56.